The lowest BCUT2D eigenvalue weighted by Crippen LogP contribution is -2.51. The quantitative estimate of drug-likeness (QED) is 0.708. The molecule has 0 atom stereocenters. The molecule has 0 rings (SSSR count). The van der Waals surface area contributed by atoms with Gasteiger partial charge in [-0.1, -0.05) is 0 Å². The van der Waals surface area contributed by atoms with Gasteiger partial charge in [-0.2, -0.15) is 0 Å². The van der Waals surface area contributed by atoms with Gasteiger partial charge in [-0.3, -0.25) is 9.59 Å². The van der Waals surface area contributed by atoms with Crippen molar-refractivity contribution in [2.45, 2.75) is 40.0 Å². The number of carbonyl (C=O) groups excluding carboxylic acids is 2. The van der Waals surface area contributed by atoms with Crippen molar-refractivity contribution in [3.8, 4) is 0 Å². The van der Waals surface area contributed by atoms with Gasteiger partial charge in [0.15, 0.2) is 8.32 Å². The Labute approximate surface area is 92.2 Å². The lowest BCUT2D eigenvalue weighted by Gasteiger charge is -2.30. The van der Waals surface area contributed by atoms with Crippen LogP contribution in [0.4, 0.5) is 0 Å². The van der Waals surface area contributed by atoms with Crippen molar-refractivity contribution >= 4 is 29.1 Å². The van der Waals surface area contributed by atoms with E-state index in [-0.39, 0.29) is 0 Å². The molecule has 5 nitrogen and oxygen atoms in total. The molecule has 0 unspecified atom stereocenters. The van der Waals surface area contributed by atoms with E-state index in [4.69, 9.17) is 13.0 Å². The number of carbonyl (C=O) groups is 2. The van der Waals surface area contributed by atoms with E-state index in [9.17, 15) is 9.59 Å². The molecule has 0 bridgehead atoms. The van der Waals surface area contributed by atoms with Crippen molar-refractivity contribution in [1.82, 2.24) is 0 Å². The van der Waals surface area contributed by atoms with Crippen LogP contribution in [0.25, 0.3) is 0 Å². The van der Waals surface area contributed by atoms with E-state index >= 15 is 0 Å². The average Bonchev–Trinajstić information content (AvgIpc) is 1.73. The predicted octanol–water partition coefficient (Wildman–Crippen LogP) is 1.53. The summed E-state index contributed by atoms with van der Waals surface area (Å²) in [6.45, 7) is 9.89. The van der Waals surface area contributed by atoms with Crippen LogP contribution in [0.1, 0.15) is 13.8 Å². The van der Waals surface area contributed by atoms with Crippen molar-refractivity contribution in [3.63, 3.8) is 0 Å². The van der Waals surface area contributed by atoms with E-state index in [1.165, 1.54) is 13.8 Å². The molecule has 0 radical (unpaired) electrons. The summed E-state index contributed by atoms with van der Waals surface area (Å²) < 4.78 is 15.6. The minimum atomic E-state index is -3.15. The van der Waals surface area contributed by atoms with E-state index in [2.05, 4.69) is 0 Å². The van der Waals surface area contributed by atoms with Gasteiger partial charge in [-0.25, -0.2) is 0 Å². The number of hydrogen-bond donors (Lipinski definition) is 0. The Morgan fingerprint density at radius 3 is 1.40 bits per heavy atom. The molecule has 0 saturated heterocycles. The van der Waals surface area contributed by atoms with Gasteiger partial charge in [0.2, 0.25) is 0 Å². The summed E-state index contributed by atoms with van der Waals surface area (Å²) in [5.41, 5.74) is 0. The lowest BCUT2D eigenvalue weighted by molar-refractivity contribution is -0.141. The van der Waals surface area contributed by atoms with Crippen LogP contribution < -0.4 is 0 Å². The second-order valence-corrected chi connectivity index (χ2v) is 11.4. The summed E-state index contributed by atoms with van der Waals surface area (Å²) in [6.07, 6.45) is 0. The highest BCUT2D eigenvalue weighted by molar-refractivity contribution is 6.80. The third-order valence-corrected chi connectivity index (χ3v) is 6.40. The summed E-state index contributed by atoms with van der Waals surface area (Å²) in [5, 5.41) is 0. The maximum absolute atomic E-state index is 10.9. The minimum absolute atomic E-state index is 0.497. The first-order valence-electron chi connectivity index (χ1n) is 4.63. The Morgan fingerprint density at radius 2 is 1.20 bits per heavy atom. The van der Waals surface area contributed by atoms with E-state index in [0.29, 0.717) is 0 Å². The third kappa shape index (κ3) is 7.28. The lowest BCUT2D eigenvalue weighted by atomic mass is 10.9. The molecule has 0 aliphatic carbocycles. The van der Waals surface area contributed by atoms with E-state index < -0.39 is 29.1 Å². The van der Waals surface area contributed by atoms with Crippen LogP contribution in [0.3, 0.4) is 0 Å². The van der Waals surface area contributed by atoms with Crippen LogP contribution in [0.15, 0.2) is 0 Å². The summed E-state index contributed by atoms with van der Waals surface area (Å²) in [4.78, 5) is 21.8. The number of hydrogen-bond acceptors (Lipinski definition) is 5. The van der Waals surface area contributed by atoms with Crippen LogP contribution in [-0.2, 0) is 22.6 Å². The highest BCUT2D eigenvalue weighted by Gasteiger charge is 2.45. The monoisotopic (exact) mass is 250 g/mol. The van der Waals surface area contributed by atoms with Crippen molar-refractivity contribution in [2.75, 3.05) is 0 Å². The van der Waals surface area contributed by atoms with Gasteiger partial charge >= 0.3 is 8.80 Å². The molecule has 0 fully saturated rings. The van der Waals surface area contributed by atoms with Gasteiger partial charge in [-0.15, -0.1) is 0 Å². The summed E-state index contributed by atoms with van der Waals surface area (Å²) in [7, 11) is -5.07. The van der Waals surface area contributed by atoms with Gasteiger partial charge < -0.3 is 13.0 Å². The maximum Gasteiger partial charge on any atom is 0.622 e. The van der Waals surface area contributed by atoms with Crippen LogP contribution >= 0.6 is 0 Å². The van der Waals surface area contributed by atoms with Crippen LogP contribution in [-0.4, -0.2) is 29.1 Å². The fourth-order valence-corrected chi connectivity index (χ4v) is 7.01. The zero-order valence-electron chi connectivity index (χ0n) is 10.0. The molecule has 0 aromatic rings. The Kier molecular flexibility index (Phi) is 4.69. The van der Waals surface area contributed by atoms with Crippen LogP contribution in [0.2, 0.25) is 26.2 Å². The molecule has 15 heavy (non-hydrogen) atoms. The smallest absolute Gasteiger partial charge is 0.465 e. The van der Waals surface area contributed by atoms with Gasteiger partial charge in [0.05, 0.1) is 0 Å². The second kappa shape index (κ2) is 4.91. The Bertz CT molecular complexity index is 242. The molecule has 0 amide bonds. The van der Waals surface area contributed by atoms with Gasteiger partial charge in [0.25, 0.3) is 11.9 Å². The zero-order chi connectivity index (χ0) is 12.3. The van der Waals surface area contributed by atoms with Crippen molar-refractivity contribution < 1.29 is 22.6 Å². The zero-order valence-corrected chi connectivity index (χ0v) is 12.0. The highest BCUT2D eigenvalue weighted by atomic mass is 28.5. The fraction of sp³-hybridized carbons (Fsp3) is 0.750. The highest BCUT2D eigenvalue weighted by Crippen LogP contribution is 2.17. The molecule has 0 aromatic carbocycles. The first-order chi connectivity index (χ1) is 6.54. The molecule has 7 heteroatoms. The Morgan fingerprint density at radius 1 is 0.867 bits per heavy atom. The third-order valence-electron chi connectivity index (χ3n) is 1.15. The van der Waals surface area contributed by atoms with Gasteiger partial charge in [-0.05, 0) is 19.6 Å². The largest absolute Gasteiger partial charge is 0.622 e. The SMILES string of the molecule is CC(=O)O[Si](C)(OC(C)=O)O[Si](C)(C)C. The Hall–Kier alpha value is -0.666. The molecule has 0 aliphatic rings. The number of rotatable bonds is 4. The van der Waals surface area contributed by atoms with Crippen molar-refractivity contribution in [1.29, 1.82) is 0 Å². The maximum atomic E-state index is 10.9. The molecular formula is C8H18O5Si2. The fourth-order valence-electron chi connectivity index (χ4n) is 1.14. The predicted molar refractivity (Wildman–Crippen MR) is 59.6 cm³/mol. The van der Waals surface area contributed by atoms with Gasteiger partial charge in [0, 0.05) is 20.4 Å². The van der Waals surface area contributed by atoms with Crippen molar-refractivity contribution in [3.05, 3.63) is 0 Å². The van der Waals surface area contributed by atoms with E-state index in [1.54, 1.807) is 6.55 Å². The standard InChI is InChI=1S/C8H18O5Si2/c1-7(9)11-15(6,12-8(2)10)13-14(3,4)5/h1-6H3. The summed E-state index contributed by atoms with van der Waals surface area (Å²) in [5.74, 6) is -0.993. The molecule has 0 aliphatic heterocycles. The normalized spacial score (nSPS) is 12.1. The van der Waals surface area contributed by atoms with E-state index in [0.717, 1.165) is 0 Å². The molecule has 0 heterocycles. The van der Waals surface area contributed by atoms with Crippen LogP contribution in [0, 0.1) is 0 Å². The first-order valence-corrected chi connectivity index (χ1v) is 10.3. The molecule has 0 N–H and O–H groups in total. The average molecular weight is 250 g/mol. The van der Waals surface area contributed by atoms with Gasteiger partial charge in [0.1, 0.15) is 0 Å². The summed E-state index contributed by atoms with van der Waals surface area (Å²) in [6, 6.07) is 0. The second-order valence-electron chi connectivity index (χ2n) is 4.26. The first kappa shape index (κ1) is 14.3. The molecule has 0 spiro atoms. The van der Waals surface area contributed by atoms with E-state index in [1.807, 2.05) is 19.6 Å². The van der Waals surface area contributed by atoms with Crippen LogP contribution in [0.5, 0.6) is 0 Å². The molecule has 88 valence electrons. The topological polar surface area (TPSA) is 61.8 Å². The molecule has 0 aromatic heterocycles. The molecular weight excluding hydrogens is 232 g/mol. The molecule has 0 saturated carbocycles. The van der Waals surface area contributed by atoms with Crippen molar-refractivity contribution in [2.24, 2.45) is 0 Å². The minimum Gasteiger partial charge on any atom is -0.465 e. The Balaban J connectivity index is 4.69. The summed E-state index contributed by atoms with van der Waals surface area (Å²) >= 11 is 0.